The minimum absolute atomic E-state index is 0.530. The second kappa shape index (κ2) is 7.45. The Balaban J connectivity index is 1.85. The Morgan fingerprint density at radius 2 is 2.00 bits per heavy atom. The number of benzene rings is 2. The maximum absolute atomic E-state index is 10.7. The molecule has 2 N–H and O–H groups in total. The van der Waals surface area contributed by atoms with Gasteiger partial charge >= 0.3 is 0 Å². The molecule has 0 spiro atoms. The van der Waals surface area contributed by atoms with Crippen molar-refractivity contribution in [3.63, 3.8) is 0 Å². The summed E-state index contributed by atoms with van der Waals surface area (Å²) in [5.74, 6) is 0. The molecule has 0 aliphatic rings. The highest BCUT2D eigenvalue weighted by Crippen LogP contribution is 2.31. The van der Waals surface area contributed by atoms with E-state index < -0.39 is 6.10 Å². The Kier molecular flexibility index (Phi) is 5.33. The molecule has 1 heterocycles. The summed E-state index contributed by atoms with van der Waals surface area (Å²) in [5, 5.41) is 14.1. The van der Waals surface area contributed by atoms with Gasteiger partial charge in [0.2, 0.25) is 0 Å². The molecule has 1 atom stereocenters. The smallest absolute Gasteiger partial charge is 0.183 e. The molecule has 1 aromatic heterocycles. The third-order valence-electron chi connectivity index (χ3n) is 3.40. The summed E-state index contributed by atoms with van der Waals surface area (Å²) in [7, 11) is 0. The lowest BCUT2D eigenvalue weighted by Gasteiger charge is -2.17. The molecule has 0 amide bonds. The number of aliphatic hydroxyl groups is 1. The third kappa shape index (κ3) is 4.12. The first kappa shape index (κ1) is 16.5. The second-order valence-electron chi connectivity index (χ2n) is 4.98. The summed E-state index contributed by atoms with van der Waals surface area (Å²) in [6.07, 6.45) is 1.06. The average Bonchev–Trinajstić information content (AvgIpc) is 2.99. The maximum atomic E-state index is 10.7. The van der Waals surface area contributed by atoms with Crippen molar-refractivity contribution in [2.75, 3.05) is 5.32 Å². The lowest BCUT2D eigenvalue weighted by atomic mass is 10.00. The van der Waals surface area contributed by atoms with E-state index in [-0.39, 0.29) is 0 Å². The number of nitrogens with one attached hydrogen (secondary N) is 1. The van der Waals surface area contributed by atoms with Gasteiger partial charge in [0.15, 0.2) is 4.47 Å². The summed E-state index contributed by atoms with van der Waals surface area (Å²) in [5.41, 5.74) is 2.56. The predicted molar refractivity (Wildman–Crippen MR) is 99.1 cm³/mol. The normalized spacial score (nSPS) is 12.1. The van der Waals surface area contributed by atoms with E-state index in [1.54, 1.807) is 6.20 Å². The van der Waals surface area contributed by atoms with Crippen LogP contribution in [-0.2, 0) is 6.54 Å². The second-order valence-corrected chi connectivity index (χ2v) is 7.59. The number of anilines is 1. The predicted octanol–water partition coefficient (Wildman–Crippen LogP) is 5.25. The zero-order valence-electron chi connectivity index (χ0n) is 12.0. The van der Waals surface area contributed by atoms with Gasteiger partial charge in [-0.25, -0.2) is 4.98 Å². The van der Waals surface area contributed by atoms with Crippen LogP contribution in [0.4, 0.5) is 5.69 Å². The van der Waals surface area contributed by atoms with E-state index in [0.29, 0.717) is 11.0 Å². The van der Waals surface area contributed by atoms with E-state index in [1.807, 2.05) is 48.5 Å². The van der Waals surface area contributed by atoms with Crippen LogP contribution in [0.15, 0.2) is 59.2 Å². The number of halogens is 2. The first-order valence-electron chi connectivity index (χ1n) is 7.00. The van der Waals surface area contributed by atoms with Gasteiger partial charge in [-0.05, 0) is 23.8 Å². The monoisotopic (exact) mass is 408 g/mol. The summed E-state index contributed by atoms with van der Waals surface area (Å²) >= 11 is 10.8. The van der Waals surface area contributed by atoms with Crippen molar-refractivity contribution in [3.05, 3.63) is 79.7 Å². The van der Waals surface area contributed by atoms with Gasteiger partial charge in [-0.2, -0.15) is 0 Å². The number of hydrogen-bond acceptors (Lipinski definition) is 4. The molecule has 0 aliphatic heterocycles. The van der Waals surface area contributed by atoms with Gasteiger partial charge in [0.25, 0.3) is 0 Å². The molecular weight excluding hydrogens is 396 g/mol. The zero-order chi connectivity index (χ0) is 16.2. The third-order valence-corrected chi connectivity index (χ3v) is 5.01. The van der Waals surface area contributed by atoms with Crippen molar-refractivity contribution in [3.8, 4) is 0 Å². The number of nitrogens with zero attached hydrogens (tertiary/aromatic N) is 1. The molecule has 1 unspecified atom stereocenters. The van der Waals surface area contributed by atoms with E-state index in [2.05, 4.69) is 26.2 Å². The molecule has 3 rings (SSSR count). The number of aromatic nitrogens is 1. The Morgan fingerprint density at radius 3 is 2.70 bits per heavy atom. The van der Waals surface area contributed by atoms with Gasteiger partial charge in [-0.1, -0.05) is 57.9 Å². The van der Waals surface area contributed by atoms with Crippen molar-refractivity contribution >= 4 is 44.6 Å². The van der Waals surface area contributed by atoms with Crippen molar-refractivity contribution in [1.82, 2.24) is 4.98 Å². The van der Waals surface area contributed by atoms with E-state index >= 15 is 0 Å². The Hall–Kier alpha value is -1.40. The van der Waals surface area contributed by atoms with Crippen molar-refractivity contribution in [1.29, 1.82) is 0 Å². The largest absolute Gasteiger partial charge is 0.384 e. The molecule has 23 heavy (non-hydrogen) atoms. The first-order chi connectivity index (χ1) is 11.1. The fraction of sp³-hybridized carbons (Fsp3) is 0.118. The lowest BCUT2D eigenvalue weighted by Crippen LogP contribution is -2.06. The summed E-state index contributed by atoms with van der Waals surface area (Å²) in [6, 6.07) is 15.4. The van der Waals surface area contributed by atoms with E-state index in [4.69, 9.17) is 11.6 Å². The van der Waals surface area contributed by atoms with Gasteiger partial charge in [0.05, 0.1) is 6.54 Å². The van der Waals surface area contributed by atoms with Crippen LogP contribution in [0.1, 0.15) is 22.1 Å². The Bertz CT molecular complexity index is 794. The molecule has 0 radical (unpaired) electrons. The van der Waals surface area contributed by atoms with Crippen molar-refractivity contribution < 1.29 is 5.11 Å². The Morgan fingerprint density at radius 1 is 1.22 bits per heavy atom. The van der Waals surface area contributed by atoms with E-state index in [9.17, 15) is 5.11 Å². The van der Waals surface area contributed by atoms with Gasteiger partial charge in [0, 0.05) is 26.8 Å². The molecule has 0 saturated carbocycles. The van der Waals surface area contributed by atoms with Crippen LogP contribution in [-0.4, -0.2) is 10.1 Å². The fourth-order valence-electron chi connectivity index (χ4n) is 2.28. The number of hydrogen-bond donors (Lipinski definition) is 2. The topological polar surface area (TPSA) is 45.1 Å². The SMILES string of the molecule is OC(c1ccccc1)c1cc(Br)ccc1NCc1cnc(Cl)s1. The molecule has 0 saturated heterocycles. The average molecular weight is 410 g/mol. The quantitative estimate of drug-likeness (QED) is 0.605. The van der Waals surface area contributed by atoms with Crippen molar-refractivity contribution in [2.24, 2.45) is 0 Å². The highest BCUT2D eigenvalue weighted by Gasteiger charge is 2.15. The van der Waals surface area contributed by atoms with E-state index in [0.717, 1.165) is 26.2 Å². The van der Waals surface area contributed by atoms with Crippen molar-refractivity contribution in [2.45, 2.75) is 12.6 Å². The van der Waals surface area contributed by atoms with Crippen LogP contribution in [0, 0.1) is 0 Å². The zero-order valence-corrected chi connectivity index (χ0v) is 15.2. The van der Waals surface area contributed by atoms with Crippen LogP contribution >= 0.6 is 38.9 Å². The van der Waals surface area contributed by atoms with Crippen LogP contribution in [0.3, 0.4) is 0 Å². The molecule has 6 heteroatoms. The molecule has 118 valence electrons. The number of aliphatic hydroxyl groups excluding tert-OH is 1. The lowest BCUT2D eigenvalue weighted by molar-refractivity contribution is 0.221. The minimum atomic E-state index is -0.693. The molecule has 3 nitrogen and oxygen atoms in total. The molecular formula is C17H14BrClN2OS. The van der Waals surface area contributed by atoms with Gasteiger partial charge in [-0.15, -0.1) is 11.3 Å². The molecule has 0 aliphatic carbocycles. The molecule has 0 bridgehead atoms. The summed E-state index contributed by atoms with van der Waals surface area (Å²) in [4.78, 5) is 5.08. The van der Waals surface area contributed by atoms with Crippen LogP contribution < -0.4 is 5.32 Å². The maximum Gasteiger partial charge on any atom is 0.183 e. The molecule has 3 aromatic rings. The van der Waals surface area contributed by atoms with Crippen LogP contribution in [0.2, 0.25) is 4.47 Å². The van der Waals surface area contributed by atoms with Crippen LogP contribution in [0.25, 0.3) is 0 Å². The number of thiazole rings is 1. The van der Waals surface area contributed by atoms with Crippen LogP contribution in [0.5, 0.6) is 0 Å². The fourth-order valence-corrected chi connectivity index (χ4v) is 3.58. The number of rotatable bonds is 5. The standard InChI is InChI=1S/C17H14BrClN2OS/c18-12-6-7-15(20-9-13-10-21-17(19)23-13)14(8-12)16(22)11-4-2-1-3-5-11/h1-8,10,16,20,22H,9H2. The summed E-state index contributed by atoms with van der Waals surface area (Å²) < 4.78 is 1.45. The highest BCUT2D eigenvalue weighted by atomic mass is 79.9. The molecule has 2 aromatic carbocycles. The van der Waals surface area contributed by atoms with Gasteiger partial charge in [-0.3, -0.25) is 0 Å². The Labute approximate surface area is 152 Å². The summed E-state index contributed by atoms with van der Waals surface area (Å²) in [6.45, 7) is 0.612. The minimum Gasteiger partial charge on any atom is -0.384 e. The first-order valence-corrected chi connectivity index (χ1v) is 8.99. The van der Waals surface area contributed by atoms with Gasteiger partial charge in [0.1, 0.15) is 6.10 Å². The van der Waals surface area contributed by atoms with E-state index in [1.165, 1.54) is 11.3 Å². The van der Waals surface area contributed by atoms with Gasteiger partial charge < -0.3 is 10.4 Å². The molecule has 0 fully saturated rings. The highest BCUT2D eigenvalue weighted by molar-refractivity contribution is 9.10.